The third-order valence-corrected chi connectivity index (χ3v) is 4.34. The number of rotatable bonds is 5. The summed E-state index contributed by atoms with van der Waals surface area (Å²) < 4.78 is 2.08. The first-order chi connectivity index (χ1) is 9.52. The predicted octanol–water partition coefficient (Wildman–Crippen LogP) is 3.57. The summed E-state index contributed by atoms with van der Waals surface area (Å²) in [6.45, 7) is 6.64. The molecule has 0 unspecified atom stereocenters. The maximum Gasteiger partial charge on any atom is 0.191 e. The standard InChI is InChI=1S/C14H19ClN4S/c1-9(2)19-13(7-16)17-18-14(19)20-8-11-5-4-10(3)6-12(11)15/h4-6,9H,7-8,16H2,1-3H3. The Bertz CT molecular complexity index is 595. The van der Waals surface area contributed by atoms with Gasteiger partial charge in [0.1, 0.15) is 5.82 Å². The van der Waals surface area contributed by atoms with Crippen molar-refractivity contribution in [3.05, 3.63) is 40.2 Å². The van der Waals surface area contributed by atoms with Crippen molar-refractivity contribution in [3.8, 4) is 0 Å². The Balaban J connectivity index is 2.17. The second-order valence-corrected chi connectivity index (χ2v) is 6.30. The third kappa shape index (κ3) is 3.34. The molecule has 6 heteroatoms. The Kier molecular flexibility index (Phi) is 5.07. The highest BCUT2D eigenvalue weighted by Crippen LogP contribution is 2.28. The van der Waals surface area contributed by atoms with Crippen molar-refractivity contribution < 1.29 is 0 Å². The lowest BCUT2D eigenvalue weighted by Gasteiger charge is -2.13. The van der Waals surface area contributed by atoms with Crippen molar-refractivity contribution in [1.82, 2.24) is 14.8 Å². The lowest BCUT2D eigenvalue weighted by molar-refractivity contribution is 0.526. The van der Waals surface area contributed by atoms with Crippen LogP contribution in [0.25, 0.3) is 0 Å². The fourth-order valence-electron chi connectivity index (χ4n) is 1.98. The van der Waals surface area contributed by atoms with Gasteiger partial charge in [-0.05, 0) is 38.0 Å². The van der Waals surface area contributed by atoms with Crippen LogP contribution in [0.15, 0.2) is 23.4 Å². The fraction of sp³-hybridized carbons (Fsp3) is 0.429. The Morgan fingerprint density at radius 2 is 2.10 bits per heavy atom. The van der Waals surface area contributed by atoms with Crippen LogP contribution in [-0.4, -0.2) is 14.8 Å². The van der Waals surface area contributed by atoms with Crippen molar-refractivity contribution >= 4 is 23.4 Å². The summed E-state index contributed by atoms with van der Waals surface area (Å²) in [5.41, 5.74) is 7.97. The normalized spacial score (nSPS) is 11.3. The summed E-state index contributed by atoms with van der Waals surface area (Å²) in [5, 5.41) is 10.0. The molecule has 0 fully saturated rings. The first-order valence-electron chi connectivity index (χ1n) is 6.54. The number of benzene rings is 1. The summed E-state index contributed by atoms with van der Waals surface area (Å²) in [4.78, 5) is 0. The van der Waals surface area contributed by atoms with Gasteiger partial charge < -0.3 is 10.3 Å². The van der Waals surface area contributed by atoms with Gasteiger partial charge in [0.25, 0.3) is 0 Å². The zero-order valence-electron chi connectivity index (χ0n) is 11.9. The zero-order valence-corrected chi connectivity index (χ0v) is 13.5. The number of aromatic nitrogens is 3. The fourth-order valence-corrected chi connectivity index (χ4v) is 3.45. The summed E-state index contributed by atoms with van der Waals surface area (Å²) in [7, 11) is 0. The Labute approximate surface area is 128 Å². The molecule has 0 atom stereocenters. The number of nitrogens with zero attached hydrogens (tertiary/aromatic N) is 3. The maximum absolute atomic E-state index is 6.25. The van der Waals surface area contributed by atoms with Crippen LogP contribution in [-0.2, 0) is 12.3 Å². The van der Waals surface area contributed by atoms with E-state index in [1.54, 1.807) is 11.8 Å². The first kappa shape index (κ1) is 15.4. The number of nitrogens with two attached hydrogens (primary N) is 1. The second-order valence-electron chi connectivity index (χ2n) is 4.95. The summed E-state index contributed by atoms with van der Waals surface area (Å²) in [6, 6.07) is 6.40. The molecule has 108 valence electrons. The van der Waals surface area contributed by atoms with Crippen LogP contribution in [0.3, 0.4) is 0 Å². The lowest BCUT2D eigenvalue weighted by Crippen LogP contribution is -2.11. The van der Waals surface area contributed by atoms with E-state index in [-0.39, 0.29) is 0 Å². The number of aryl methyl sites for hydroxylation is 1. The maximum atomic E-state index is 6.25. The Hall–Kier alpha value is -1.04. The van der Waals surface area contributed by atoms with Crippen molar-refractivity contribution in [3.63, 3.8) is 0 Å². The molecule has 4 nitrogen and oxygen atoms in total. The van der Waals surface area contributed by atoms with E-state index in [4.69, 9.17) is 17.3 Å². The number of thioether (sulfide) groups is 1. The molecule has 0 saturated carbocycles. The molecule has 0 aliphatic rings. The van der Waals surface area contributed by atoms with Crippen molar-refractivity contribution in [2.24, 2.45) is 5.73 Å². The van der Waals surface area contributed by atoms with Gasteiger partial charge >= 0.3 is 0 Å². The minimum absolute atomic E-state index is 0.291. The highest BCUT2D eigenvalue weighted by atomic mass is 35.5. The Morgan fingerprint density at radius 1 is 1.35 bits per heavy atom. The van der Waals surface area contributed by atoms with Gasteiger partial charge in [0.2, 0.25) is 0 Å². The summed E-state index contributed by atoms with van der Waals surface area (Å²) in [6.07, 6.45) is 0. The average molecular weight is 311 g/mol. The van der Waals surface area contributed by atoms with E-state index in [1.807, 2.05) is 13.0 Å². The quantitative estimate of drug-likeness (QED) is 0.858. The molecular formula is C14H19ClN4S. The second kappa shape index (κ2) is 6.61. The molecular weight excluding hydrogens is 292 g/mol. The Morgan fingerprint density at radius 3 is 2.70 bits per heavy atom. The molecule has 0 aliphatic carbocycles. The van der Waals surface area contributed by atoms with Gasteiger partial charge in [-0.1, -0.05) is 35.5 Å². The monoisotopic (exact) mass is 310 g/mol. The largest absolute Gasteiger partial charge is 0.324 e. The van der Waals surface area contributed by atoms with Gasteiger partial charge in [0.05, 0.1) is 6.54 Å². The van der Waals surface area contributed by atoms with Gasteiger partial charge in [-0.2, -0.15) is 0 Å². The van der Waals surface area contributed by atoms with E-state index in [9.17, 15) is 0 Å². The number of hydrogen-bond acceptors (Lipinski definition) is 4. The van der Waals surface area contributed by atoms with Crippen LogP contribution in [0.5, 0.6) is 0 Å². The molecule has 2 N–H and O–H groups in total. The smallest absolute Gasteiger partial charge is 0.191 e. The number of halogens is 1. The highest BCUT2D eigenvalue weighted by Gasteiger charge is 2.14. The molecule has 0 aliphatic heterocycles. The minimum Gasteiger partial charge on any atom is -0.324 e. The molecule has 1 aromatic heterocycles. The van der Waals surface area contributed by atoms with E-state index >= 15 is 0 Å². The molecule has 1 aromatic carbocycles. The van der Waals surface area contributed by atoms with Gasteiger partial charge in [0, 0.05) is 16.8 Å². The van der Waals surface area contributed by atoms with Crippen LogP contribution >= 0.6 is 23.4 Å². The molecule has 1 heterocycles. The predicted molar refractivity (Wildman–Crippen MR) is 84.0 cm³/mol. The number of hydrogen-bond donors (Lipinski definition) is 1. The van der Waals surface area contributed by atoms with E-state index in [1.165, 1.54) is 5.56 Å². The van der Waals surface area contributed by atoms with E-state index in [2.05, 4.69) is 40.7 Å². The summed E-state index contributed by atoms with van der Waals surface area (Å²) in [5.74, 6) is 1.59. The molecule has 2 rings (SSSR count). The molecule has 0 amide bonds. The summed E-state index contributed by atoms with van der Waals surface area (Å²) >= 11 is 7.89. The van der Waals surface area contributed by atoms with Crippen molar-refractivity contribution in [2.75, 3.05) is 0 Å². The van der Waals surface area contributed by atoms with Crippen molar-refractivity contribution in [1.29, 1.82) is 0 Å². The van der Waals surface area contributed by atoms with Crippen molar-refractivity contribution in [2.45, 2.75) is 44.3 Å². The highest BCUT2D eigenvalue weighted by molar-refractivity contribution is 7.98. The van der Waals surface area contributed by atoms with E-state index in [0.29, 0.717) is 12.6 Å². The van der Waals surface area contributed by atoms with Crippen LogP contribution in [0.4, 0.5) is 0 Å². The average Bonchev–Trinajstić information content (AvgIpc) is 2.80. The molecule has 0 spiro atoms. The molecule has 20 heavy (non-hydrogen) atoms. The van der Waals surface area contributed by atoms with Gasteiger partial charge in [-0.3, -0.25) is 0 Å². The molecule has 0 radical (unpaired) electrons. The SMILES string of the molecule is Cc1ccc(CSc2nnc(CN)n2C(C)C)c(Cl)c1. The van der Waals surface area contributed by atoms with Crippen LogP contribution in [0.1, 0.15) is 36.8 Å². The lowest BCUT2D eigenvalue weighted by atomic mass is 10.2. The van der Waals surface area contributed by atoms with Gasteiger partial charge in [-0.15, -0.1) is 10.2 Å². The van der Waals surface area contributed by atoms with Gasteiger partial charge in [-0.25, -0.2) is 0 Å². The van der Waals surface area contributed by atoms with Gasteiger partial charge in [0.15, 0.2) is 5.16 Å². The van der Waals surface area contributed by atoms with E-state index in [0.717, 1.165) is 27.3 Å². The topological polar surface area (TPSA) is 56.7 Å². The third-order valence-electron chi connectivity index (χ3n) is 3.00. The van der Waals surface area contributed by atoms with Crippen LogP contribution < -0.4 is 5.73 Å². The first-order valence-corrected chi connectivity index (χ1v) is 7.91. The molecule has 0 saturated heterocycles. The minimum atomic E-state index is 0.291. The zero-order chi connectivity index (χ0) is 14.7. The van der Waals surface area contributed by atoms with Crippen LogP contribution in [0, 0.1) is 6.92 Å². The van der Waals surface area contributed by atoms with E-state index < -0.39 is 0 Å². The molecule has 0 bridgehead atoms. The van der Waals surface area contributed by atoms with Crippen LogP contribution in [0.2, 0.25) is 5.02 Å². The molecule has 2 aromatic rings.